The number of nitrogens with zero attached hydrogens (tertiary/aromatic N) is 1. The van der Waals surface area contributed by atoms with E-state index in [1.54, 1.807) is 0 Å². The minimum Gasteiger partial charge on any atom is -0.398 e. The molecule has 1 atom stereocenters. The van der Waals surface area contributed by atoms with Gasteiger partial charge in [0.1, 0.15) is 0 Å². The molecule has 1 amide bonds. The van der Waals surface area contributed by atoms with E-state index < -0.39 is 0 Å². The molecule has 1 aliphatic heterocycles. The van der Waals surface area contributed by atoms with E-state index >= 15 is 0 Å². The summed E-state index contributed by atoms with van der Waals surface area (Å²) in [5.41, 5.74) is 7.55. The van der Waals surface area contributed by atoms with E-state index in [1.807, 2.05) is 23.1 Å². The second kappa shape index (κ2) is 6.49. The summed E-state index contributed by atoms with van der Waals surface area (Å²) in [6.45, 7) is 5.08. The number of carbonyl (C=O) groups is 1. The Morgan fingerprint density at radius 1 is 1.45 bits per heavy atom. The SMILES string of the molecule is CC(C)N1CC(CCCc2ccc(N)c(Cl)c2)CC1=O. The molecule has 1 aromatic rings. The monoisotopic (exact) mass is 294 g/mol. The molecule has 110 valence electrons. The van der Waals surface area contributed by atoms with E-state index in [2.05, 4.69) is 13.8 Å². The highest BCUT2D eigenvalue weighted by Gasteiger charge is 2.30. The van der Waals surface area contributed by atoms with Gasteiger partial charge in [-0.25, -0.2) is 0 Å². The first-order valence-electron chi connectivity index (χ1n) is 7.30. The minimum atomic E-state index is 0.306. The maximum atomic E-state index is 11.8. The Labute approximate surface area is 126 Å². The number of nitrogen functional groups attached to an aromatic ring is 1. The van der Waals surface area contributed by atoms with Gasteiger partial charge in [-0.2, -0.15) is 0 Å². The highest BCUT2D eigenvalue weighted by molar-refractivity contribution is 6.33. The van der Waals surface area contributed by atoms with E-state index in [9.17, 15) is 4.79 Å². The lowest BCUT2D eigenvalue weighted by Gasteiger charge is -2.20. The van der Waals surface area contributed by atoms with Crippen LogP contribution in [0.4, 0.5) is 5.69 Å². The molecule has 1 saturated heterocycles. The standard InChI is InChI=1S/C16H23ClN2O/c1-11(2)19-10-13(9-16(19)20)5-3-4-12-6-7-15(18)14(17)8-12/h6-8,11,13H,3-5,9-10,18H2,1-2H3. The van der Waals surface area contributed by atoms with E-state index in [4.69, 9.17) is 17.3 Å². The fraction of sp³-hybridized carbons (Fsp3) is 0.562. The second-order valence-electron chi connectivity index (χ2n) is 5.96. The van der Waals surface area contributed by atoms with Gasteiger partial charge >= 0.3 is 0 Å². The van der Waals surface area contributed by atoms with Gasteiger partial charge in [-0.15, -0.1) is 0 Å². The number of nitrogens with two attached hydrogens (primary N) is 1. The zero-order chi connectivity index (χ0) is 14.7. The van der Waals surface area contributed by atoms with Gasteiger partial charge in [-0.3, -0.25) is 4.79 Å². The Morgan fingerprint density at radius 2 is 2.20 bits per heavy atom. The first-order chi connectivity index (χ1) is 9.47. The fourth-order valence-corrected chi connectivity index (χ4v) is 3.03. The summed E-state index contributed by atoms with van der Waals surface area (Å²) in [6.07, 6.45) is 3.88. The van der Waals surface area contributed by atoms with Crippen molar-refractivity contribution in [3.8, 4) is 0 Å². The van der Waals surface area contributed by atoms with Crippen molar-refractivity contribution in [1.29, 1.82) is 0 Å². The van der Waals surface area contributed by atoms with Gasteiger partial charge in [0.25, 0.3) is 0 Å². The lowest BCUT2D eigenvalue weighted by atomic mass is 9.98. The van der Waals surface area contributed by atoms with Crippen LogP contribution in [0.2, 0.25) is 5.02 Å². The molecule has 0 aliphatic carbocycles. The Bertz CT molecular complexity index is 487. The van der Waals surface area contributed by atoms with E-state index in [0.29, 0.717) is 35.0 Å². The fourth-order valence-electron chi connectivity index (χ4n) is 2.82. The maximum Gasteiger partial charge on any atom is 0.223 e. The van der Waals surface area contributed by atoms with Crippen molar-refractivity contribution >= 4 is 23.2 Å². The largest absolute Gasteiger partial charge is 0.398 e. The average molecular weight is 295 g/mol. The number of carbonyl (C=O) groups excluding carboxylic acids is 1. The number of amides is 1. The third-order valence-electron chi connectivity index (χ3n) is 4.00. The first-order valence-corrected chi connectivity index (χ1v) is 7.68. The quantitative estimate of drug-likeness (QED) is 0.845. The normalized spacial score (nSPS) is 19.1. The molecule has 0 saturated carbocycles. The average Bonchev–Trinajstić information content (AvgIpc) is 2.75. The zero-order valence-electron chi connectivity index (χ0n) is 12.2. The summed E-state index contributed by atoms with van der Waals surface area (Å²) in [5, 5.41) is 0.629. The highest BCUT2D eigenvalue weighted by atomic mass is 35.5. The van der Waals surface area contributed by atoms with Crippen LogP contribution in [0.1, 0.15) is 38.7 Å². The molecule has 0 bridgehead atoms. The van der Waals surface area contributed by atoms with Crippen LogP contribution in [-0.2, 0) is 11.2 Å². The molecule has 1 heterocycles. The van der Waals surface area contributed by atoms with Gasteiger partial charge in [-0.05, 0) is 56.7 Å². The van der Waals surface area contributed by atoms with Crippen LogP contribution in [0, 0.1) is 5.92 Å². The van der Waals surface area contributed by atoms with Crippen LogP contribution in [0.5, 0.6) is 0 Å². The molecule has 3 nitrogen and oxygen atoms in total. The number of halogens is 1. The molecule has 0 spiro atoms. The highest BCUT2D eigenvalue weighted by Crippen LogP contribution is 2.26. The van der Waals surface area contributed by atoms with Crippen molar-refractivity contribution in [2.75, 3.05) is 12.3 Å². The summed E-state index contributed by atoms with van der Waals surface area (Å²) < 4.78 is 0. The molecule has 1 aliphatic rings. The van der Waals surface area contributed by atoms with Crippen molar-refractivity contribution in [2.45, 2.75) is 45.6 Å². The van der Waals surface area contributed by atoms with E-state index in [1.165, 1.54) is 5.56 Å². The molecule has 0 radical (unpaired) electrons. The van der Waals surface area contributed by atoms with Gasteiger partial charge in [0.2, 0.25) is 5.91 Å². The molecule has 20 heavy (non-hydrogen) atoms. The second-order valence-corrected chi connectivity index (χ2v) is 6.37. The molecule has 1 unspecified atom stereocenters. The Balaban J connectivity index is 1.79. The molecule has 4 heteroatoms. The van der Waals surface area contributed by atoms with E-state index in [0.717, 1.165) is 25.8 Å². The molecule has 2 rings (SSSR count). The number of likely N-dealkylation sites (tertiary alicyclic amines) is 1. The lowest BCUT2D eigenvalue weighted by molar-refractivity contribution is -0.129. The third-order valence-corrected chi connectivity index (χ3v) is 4.33. The smallest absolute Gasteiger partial charge is 0.223 e. The van der Waals surface area contributed by atoms with Crippen LogP contribution in [-0.4, -0.2) is 23.4 Å². The van der Waals surface area contributed by atoms with Gasteiger partial charge in [-0.1, -0.05) is 17.7 Å². The summed E-state index contributed by atoms with van der Waals surface area (Å²) >= 11 is 6.02. The predicted octanol–water partition coefficient (Wildman–Crippen LogP) is 3.50. The number of rotatable bonds is 5. The summed E-state index contributed by atoms with van der Waals surface area (Å²) in [4.78, 5) is 13.8. The first kappa shape index (κ1) is 15.2. The molecule has 1 fully saturated rings. The number of hydrogen-bond donors (Lipinski definition) is 1. The summed E-state index contributed by atoms with van der Waals surface area (Å²) in [7, 11) is 0. The third kappa shape index (κ3) is 3.66. The van der Waals surface area contributed by atoms with Crippen LogP contribution < -0.4 is 5.73 Å². The zero-order valence-corrected chi connectivity index (χ0v) is 13.0. The number of anilines is 1. The summed E-state index contributed by atoms with van der Waals surface area (Å²) in [6, 6.07) is 6.15. The maximum absolute atomic E-state index is 11.8. The van der Waals surface area contributed by atoms with Crippen molar-refractivity contribution in [3.63, 3.8) is 0 Å². The van der Waals surface area contributed by atoms with Gasteiger partial charge in [0, 0.05) is 19.0 Å². The van der Waals surface area contributed by atoms with Crippen molar-refractivity contribution in [1.82, 2.24) is 4.90 Å². The number of hydrogen-bond acceptors (Lipinski definition) is 2. The van der Waals surface area contributed by atoms with Gasteiger partial charge in [0.05, 0.1) is 10.7 Å². The van der Waals surface area contributed by atoms with Crippen LogP contribution in [0.25, 0.3) is 0 Å². The van der Waals surface area contributed by atoms with Crippen molar-refractivity contribution < 1.29 is 4.79 Å². The Kier molecular flexibility index (Phi) is 4.92. The van der Waals surface area contributed by atoms with E-state index in [-0.39, 0.29) is 0 Å². The van der Waals surface area contributed by atoms with Crippen molar-refractivity contribution in [2.24, 2.45) is 5.92 Å². The van der Waals surface area contributed by atoms with Crippen molar-refractivity contribution in [3.05, 3.63) is 28.8 Å². The van der Waals surface area contributed by atoms with Gasteiger partial charge in [0.15, 0.2) is 0 Å². The summed E-state index contributed by atoms with van der Waals surface area (Å²) in [5.74, 6) is 0.815. The van der Waals surface area contributed by atoms with Gasteiger partial charge < -0.3 is 10.6 Å². The number of aryl methyl sites for hydroxylation is 1. The molecule has 2 N–H and O–H groups in total. The van der Waals surface area contributed by atoms with Crippen LogP contribution in [0.15, 0.2) is 18.2 Å². The Morgan fingerprint density at radius 3 is 2.80 bits per heavy atom. The minimum absolute atomic E-state index is 0.306. The molecule has 0 aromatic heterocycles. The lowest BCUT2D eigenvalue weighted by Crippen LogP contribution is -2.32. The number of benzene rings is 1. The Hall–Kier alpha value is -1.22. The predicted molar refractivity (Wildman–Crippen MR) is 83.8 cm³/mol. The molecular weight excluding hydrogens is 272 g/mol. The molecule has 1 aromatic carbocycles. The van der Waals surface area contributed by atoms with Crippen LogP contribution in [0.3, 0.4) is 0 Å². The van der Waals surface area contributed by atoms with Crippen LogP contribution >= 0.6 is 11.6 Å². The molecular formula is C16H23ClN2O. The topological polar surface area (TPSA) is 46.3 Å².